The maximum Gasteiger partial charge on any atom is 0.337 e. The Labute approximate surface area is 168 Å². The van der Waals surface area contributed by atoms with Gasteiger partial charge in [-0.1, -0.05) is 29.8 Å². The number of allylic oxidation sites excluding steroid dienone is 1. The number of hydrogen-bond donors (Lipinski definition) is 1. The van der Waals surface area contributed by atoms with Gasteiger partial charge in [0.15, 0.2) is 5.11 Å². The van der Waals surface area contributed by atoms with E-state index in [4.69, 9.17) is 33.3 Å². The Morgan fingerprint density at radius 2 is 1.81 bits per heavy atom. The van der Waals surface area contributed by atoms with Gasteiger partial charge in [0, 0.05) is 16.4 Å². The molecule has 1 aliphatic heterocycles. The molecule has 1 aliphatic rings. The van der Waals surface area contributed by atoms with Gasteiger partial charge in [0.2, 0.25) is 0 Å². The molecular formula is C20H19ClN2O3S. The van der Waals surface area contributed by atoms with Gasteiger partial charge in [-0.25, -0.2) is 4.79 Å². The number of anilines is 1. The Bertz CT molecular complexity index is 912. The highest BCUT2D eigenvalue weighted by Crippen LogP contribution is 2.36. The molecule has 0 saturated heterocycles. The van der Waals surface area contributed by atoms with E-state index in [2.05, 4.69) is 5.32 Å². The van der Waals surface area contributed by atoms with Gasteiger partial charge in [-0.2, -0.15) is 0 Å². The molecule has 3 rings (SSSR count). The number of carbonyl (C=O) groups excluding carboxylic acids is 1. The second-order valence-corrected chi connectivity index (χ2v) is 6.72. The van der Waals surface area contributed by atoms with Crippen molar-refractivity contribution in [2.45, 2.75) is 13.0 Å². The molecule has 0 bridgehead atoms. The van der Waals surface area contributed by atoms with Crippen molar-refractivity contribution in [3.8, 4) is 5.75 Å². The lowest BCUT2D eigenvalue weighted by Crippen LogP contribution is -2.48. The fourth-order valence-corrected chi connectivity index (χ4v) is 3.71. The molecule has 140 valence electrons. The van der Waals surface area contributed by atoms with Crippen LogP contribution in [0.15, 0.2) is 59.8 Å². The summed E-state index contributed by atoms with van der Waals surface area (Å²) < 4.78 is 10.2. The third-order valence-corrected chi connectivity index (χ3v) is 5.08. The summed E-state index contributed by atoms with van der Waals surface area (Å²) in [7, 11) is 2.97. The van der Waals surface area contributed by atoms with E-state index in [1.807, 2.05) is 49.4 Å². The average molecular weight is 403 g/mol. The van der Waals surface area contributed by atoms with Crippen molar-refractivity contribution in [3.63, 3.8) is 0 Å². The van der Waals surface area contributed by atoms with Gasteiger partial charge in [0.1, 0.15) is 5.75 Å². The molecule has 2 aromatic carbocycles. The number of carbonyl (C=O) groups is 1. The molecule has 0 aromatic heterocycles. The maximum atomic E-state index is 12.6. The first-order valence-electron chi connectivity index (χ1n) is 8.26. The van der Waals surface area contributed by atoms with Crippen molar-refractivity contribution in [2.24, 2.45) is 0 Å². The Hall–Kier alpha value is -2.57. The largest absolute Gasteiger partial charge is 0.497 e. The van der Waals surface area contributed by atoms with Crippen LogP contribution in [-0.2, 0) is 9.53 Å². The second-order valence-electron chi connectivity index (χ2n) is 5.93. The van der Waals surface area contributed by atoms with Crippen molar-refractivity contribution < 1.29 is 14.3 Å². The number of methoxy groups -OCH3 is 2. The van der Waals surface area contributed by atoms with E-state index in [1.165, 1.54) is 7.11 Å². The molecule has 0 radical (unpaired) electrons. The lowest BCUT2D eigenvalue weighted by Gasteiger charge is -2.37. The molecule has 27 heavy (non-hydrogen) atoms. The van der Waals surface area contributed by atoms with Gasteiger partial charge in [0.25, 0.3) is 0 Å². The van der Waals surface area contributed by atoms with E-state index in [-0.39, 0.29) is 0 Å². The molecule has 0 spiro atoms. The van der Waals surface area contributed by atoms with Gasteiger partial charge >= 0.3 is 5.97 Å². The molecule has 1 N–H and O–H groups in total. The number of nitrogens with one attached hydrogen (secondary N) is 1. The maximum absolute atomic E-state index is 12.6. The number of rotatable bonds is 4. The number of thiocarbonyl (C=S) groups is 1. The van der Waals surface area contributed by atoms with E-state index < -0.39 is 12.0 Å². The zero-order valence-corrected chi connectivity index (χ0v) is 16.7. The van der Waals surface area contributed by atoms with Crippen LogP contribution in [-0.4, -0.2) is 25.3 Å². The third-order valence-electron chi connectivity index (χ3n) is 4.44. The highest BCUT2D eigenvalue weighted by atomic mass is 35.5. The first-order chi connectivity index (χ1) is 13.0. The van der Waals surface area contributed by atoms with Crippen LogP contribution >= 0.6 is 23.8 Å². The monoisotopic (exact) mass is 402 g/mol. The third kappa shape index (κ3) is 3.63. The van der Waals surface area contributed by atoms with Crippen LogP contribution < -0.4 is 15.0 Å². The summed E-state index contributed by atoms with van der Waals surface area (Å²) in [6.07, 6.45) is 0. The highest BCUT2D eigenvalue weighted by Gasteiger charge is 2.36. The van der Waals surface area contributed by atoms with Gasteiger partial charge in [-0.15, -0.1) is 0 Å². The quantitative estimate of drug-likeness (QED) is 0.610. The molecule has 2 aromatic rings. The second kappa shape index (κ2) is 7.98. The summed E-state index contributed by atoms with van der Waals surface area (Å²) in [6.45, 7) is 1.84. The molecular weight excluding hydrogens is 384 g/mol. The standard InChI is InChI=1S/C20H19ClN2O3S/c1-12-17(19(24)26-3)18(15-6-4-5-7-16(15)21)22-20(27)23(12)13-8-10-14(25-2)11-9-13/h4-11,18H,1-3H3,(H,22,27)/t18-/m0/s1. The fourth-order valence-electron chi connectivity index (χ4n) is 3.10. The fraction of sp³-hybridized carbons (Fsp3) is 0.200. The number of ether oxygens (including phenoxy) is 2. The van der Waals surface area contributed by atoms with Gasteiger partial charge in [-0.3, -0.25) is 4.90 Å². The molecule has 0 fully saturated rings. The van der Waals surface area contributed by atoms with Crippen LogP contribution in [0.4, 0.5) is 5.69 Å². The Morgan fingerprint density at radius 1 is 1.15 bits per heavy atom. The predicted molar refractivity (Wildman–Crippen MR) is 110 cm³/mol. The normalized spacial score (nSPS) is 16.8. The Kier molecular flexibility index (Phi) is 5.68. The lowest BCUT2D eigenvalue weighted by atomic mass is 9.94. The minimum Gasteiger partial charge on any atom is -0.497 e. The molecule has 1 atom stereocenters. The summed E-state index contributed by atoms with van der Waals surface area (Å²) in [5.41, 5.74) is 2.70. The molecule has 0 amide bonds. The first-order valence-corrected chi connectivity index (χ1v) is 9.04. The van der Waals surface area contributed by atoms with E-state index >= 15 is 0 Å². The number of benzene rings is 2. The van der Waals surface area contributed by atoms with Crippen LogP contribution in [0.1, 0.15) is 18.5 Å². The van der Waals surface area contributed by atoms with E-state index in [1.54, 1.807) is 18.1 Å². The van der Waals surface area contributed by atoms with Gasteiger partial charge < -0.3 is 14.8 Å². The summed E-state index contributed by atoms with van der Waals surface area (Å²) in [6, 6.07) is 14.3. The van der Waals surface area contributed by atoms with Crippen LogP contribution in [0.2, 0.25) is 5.02 Å². The molecule has 0 unspecified atom stereocenters. The summed E-state index contributed by atoms with van der Waals surface area (Å²) in [5.74, 6) is 0.296. The summed E-state index contributed by atoms with van der Waals surface area (Å²) in [4.78, 5) is 14.4. The smallest absolute Gasteiger partial charge is 0.337 e. The summed E-state index contributed by atoms with van der Waals surface area (Å²) >= 11 is 12.0. The van der Waals surface area contributed by atoms with Crippen LogP contribution in [0, 0.1) is 0 Å². The zero-order valence-electron chi connectivity index (χ0n) is 15.2. The van der Waals surface area contributed by atoms with E-state index in [9.17, 15) is 4.79 Å². The number of nitrogens with zero attached hydrogens (tertiary/aromatic N) is 1. The van der Waals surface area contributed by atoms with Gasteiger partial charge in [-0.05, 0) is 55.0 Å². The van der Waals surface area contributed by atoms with Crippen molar-refractivity contribution >= 4 is 40.6 Å². The highest BCUT2D eigenvalue weighted by molar-refractivity contribution is 7.80. The molecule has 0 aliphatic carbocycles. The Morgan fingerprint density at radius 3 is 2.41 bits per heavy atom. The minimum atomic E-state index is -0.492. The lowest BCUT2D eigenvalue weighted by molar-refractivity contribution is -0.136. The Balaban J connectivity index is 2.13. The predicted octanol–water partition coefficient (Wildman–Crippen LogP) is 4.23. The van der Waals surface area contributed by atoms with Crippen molar-refractivity contribution in [3.05, 3.63) is 70.4 Å². The van der Waals surface area contributed by atoms with E-state index in [0.29, 0.717) is 21.4 Å². The number of halogens is 1. The van der Waals surface area contributed by atoms with Gasteiger partial charge in [0.05, 0.1) is 25.8 Å². The topological polar surface area (TPSA) is 50.8 Å². The van der Waals surface area contributed by atoms with Crippen molar-refractivity contribution in [1.82, 2.24) is 5.32 Å². The molecule has 1 heterocycles. The average Bonchev–Trinajstić information content (AvgIpc) is 2.68. The minimum absolute atomic E-state index is 0.439. The van der Waals surface area contributed by atoms with E-state index in [0.717, 1.165) is 17.0 Å². The first kappa shape index (κ1) is 19.2. The molecule has 0 saturated carbocycles. The van der Waals surface area contributed by atoms with Crippen molar-refractivity contribution in [2.75, 3.05) is 19.1 Å². The molecule has 5 nitrogen and oxygen atoms in total. The van der Waals surface area contributed by atoms with Crippen LogP contribution in [0.25, 0.3) is 0 Å². The van der Waals surface area contributed by atoms with Crippen molar-refractivity contribution in [1.29, 1.82) is 0 Å². The van der Waals surface area contributed by atoms with Crippen LogP contribution in [0.3, 0.4) is 0 Å². The number of esters is 1. The summed E-state index contributed by atoms with van der Waals surface area (Å²) in [5, 5.41) is 4.24. The SMILES string of the molecule is COC(=O)C1=C(C)N(c2ccc(OC)cc2)C(=S)N[C@H]1c1ccccc1Cl. The van der Waals surface area contributed by atoms with Crippen LogP contribution in [0.5, 0.6) is 5.75 Å². The molecule has 7 heteroatoms. The zero-order chi connectivity index (χ0) is 19.6. The number of hydrogen-bond acceptors (Lipinski definition) is 4.